The SMILES string of the molecule is Cc1ccc(S(=O)(=O)[N-]/N=C2\CC(C)(C)C3(CCCC3)O2)cc1.[Na+]. The Balaban J connectivity index is 0.00000208. The maximum atomic E-state index is 12.2. The van der Waals surface area contributed by atoms with Gasteiger partial charge in [-0.05, 0) is 44.7 Å². The van der Waals surface area contributed by atoms with Crippen LogP contribution in [0.1, 0.15) is 51.5 Å². The largest absolute Gasteiger partial charge is 1.00 e. The molecule has 1 aromatic rings. The molecule has 0 atom stereocenters. The minimum Gasteiger partial charge on any atom is -0.488 e. The standard InChI is InChI=1S/C17H23N2O3S.Na/c1-13-6-8-14(9-7-13)23(20,21)19-18-15-12-16(2,3)17(22-15)10-4-5-11-17;/h6-9H,4-5,10-12H2,1-3H3;/q-1;+1/b18-15+;. The number of hydrogen-bond acceptors (Lipinski definition) is 4. The van der Waals surface area contributed by atoms with E-state index >= 15 is 0 Å². The zero-order chi connectivity index (χ0) is 16.7. The predicted octanol–water partition coefficient (Wildman–Crippen LogP) is 1.13. The predicted molar refractivity (Wildman–Crippen MR) is 89.8 cm³/mol. The average molecular weight is 358 g/mol. The Morgan fingerprint density at radius 2 is 1.71 bits per heavy atom. The minimum absolute atomic E-state index is 0. The summed E-state index contributed by atoms with van der Waals surface area (Å²) in [5, 5.41) is 3.94. The molecule has 0 N–H and O–H groups in total. The first kappa shape index (κ1) is 19.8. The molecule has 126 valence electrons. The Morgan fingerprint density at radius 1 is 1.12 bits per heavy atom. The fourth-order valence-electron chi connectivity index (χ4n) is 3.58. The molecule has 2 fully saturated rings. The summed E-state index contributed by atoms with van der Waals surface area (Å²) in [7, 11) is -3.78. The van der Waals surface area contributed by atoms with Crippen LogP contribution >= 0.6 is 0 Å². The zero-order valence-electron chi connectivity index (χ0n) is 14.9. The van der Waals surface area contributed by atoms with E-state index < -0.39 is 10.0 Å². The molecule has 1 heterocycles. The van der Waals surface area contributed by atoms with Crippen molar-refractivity contribution in [2.45, 2.75) is 63.4 Å². The molecule has 1 saturated carbocycles. The first-order chi connectivity index (χ1) is 10.7. The molecule has 24 heavy (non-hydrogen) atoms. The number of nitrogens with zero attached hydrogens (tertiary/aromatic N) is 2. The van der Waals surface area contributed by atoms with Gasteiger partial charge in [-0.15, -0.1) is 0 Å². The Labute approximate surface area is 166 Å². The Morgan fingerprint density at radius 3 is 2.29 bits per heavy atom. The van der Waals surface area contributed by atoms with Crippen molar-refractivity contribution < 1.29 is 42.7 Å². The minimum atomic E-state index is -3.78. The summed E-state index contributed by atoms with van der Waals surface area (Å²) in [6.07, 6.45) is 4.93. The van der Waals surface area contributed by atoms with Gasteiger partial charge in [-0.3, -0.25) is 0 Å². The van der Waals surface area contributed by atoms with E-state index in [2.05, 4.69) is 23.8 Å². The molecule has 1 saturated heterocycles. The number of rotatable bonds is 3. The van der Waals surface area contributed by atoms with Crippen LogP contribution in [0.5, 0.6) is 0 Å². The summed E-state index contributed by atoms with van der Waals surface area (Å²) in [4.78, 5) is 3.75. The summed E-state index contributed by atoms with van der Waals surface area (Å²) in [6, 6.07) is 6.59. The molecule has 0 amide bonds. The molecular formula is C17H23N2NaO3S. The smallest absolute Gasteiger partial charge is 0.488 e. The molecule has 0 aromatic heterocycles. The maximum Gasteiger partial charge on any atom is 1.00 e. The van der Waals surface area contributed by atoms with Crippen LogP contribution in [0.2, 0.25) is 0 Å². The summed E-state index contributed by atoms with van der Waals surface area (Å²) >= 11 is 0. The van der Waals surface area contributed by atoms with Gasteiger partial charge in [0.15, 0.2) is 5.90 Å². The van der Waals surface area contributed by atoms with Crippen LogP contribution in [0.3, 0.4) is 0 Å². The van der Waals surface area contributed by atoms with Crippen molar-refractivity contribution in [3.8, 4) is 0 Å². The van der Waals surface area contributed by atoms with Crippen molar-refractivity contribution in [3.05, 3.63) is 34.7 Å². The van der Waals surface area contributed by atoms with Gasteiger partial charge in [0, 0.05) is 11.8 Å². The van der Waals surface area contributed by atoms with E-state index in [0.717, 1.165) is 31.2 Å². The van der Waals surface area contributed by atoms with Gasteiger partial charge in [-0.25, -0.2) is 8.42 Å². The van der Waals surface area contributed by atoms with Crippen molar-refractivity contribution in [1.29, 1.82) is 0 Å². The van der Waals surface area contributed by atoms with Gasteiger partial charge in [-0.1, -0.05) is 31.5 Å². The van der Waals surface area contributed by atoms with E-state index in [1.54, 1.807) is 24.3 Å². The van der Waals surface area contributed by atoms with Crippen molar-refractivity contribution in [3.63, 3.8) is 0 Å². The van der Waals surface area contributed by atoms with E-state index in [1.807, 2.05) is 6.92 Å². The monoisotopic (exact) mass is 358 g/mol. The van der Waals surface area contributed by atoms with E-state index in [4.69, 9.17) is 4.74 Å². The Bertz CT molecular complexity index is 721. The van der Waals surface area contributed by atoms with Gasteiger partial charge in [0.2, 0.25) is 0 Å². The van der Waals surface area contributed by atoms with E-state index in [9.17, 15) is 8.42 Å². The van der Waals surface area contributed by atoms with E-state index in [1.165, 1.54) is 0 Å². The third-order valence-corrected chi connectivity index (χ3v) is 6.29. The molecule has 1 spiro atoms. The molecule has 0 unspecified atom stereocenters. The molecular weight excluding hydrogens is 335 g/mol. The first-order valence-corrected chi connectivity index (χ1v) is 9.48. The number of benzene rings is 1. The van der Waals surface area contributed by atoms with E-state index in [0.29, 0.717) is 12.3 Å². The van der Waals surface area contributed by atoms with Gasteiger partial charge in [0.1, 0.15) is 15.6 Å². The van der Waals surface area contributed by atoms with Crippen LogP contribution in [0.15, 0.2) is 34.3 Å². The first-order valence-electron chi connectivity index (χ1n) is 8.04. The summed E-state index contributed by atoms with van der Waals surface area (Å²) in [5.74, 6) is 0.438. The normalized spacial score (nSPS) is 23.0. The quantitative estimate of drug-likeness (QED) is 0.601. The molecule has 3 rings (SSSR count). The third kappa shape index (κ3) is 3.66. The van der Waals surface area contributed by atoms with Gasteiger partial charge in [0.25, 0.3) is 0 Å². The summed E-state index contributed by atoms with van der Waals surface area (Å²) in [5.41, 5.74) is 0.764. The van der Waals surface area contributed by atoms with Gasteiger partial charge < -0.3 is 14.7 Å². The van der Waals surface area contributed by atoms with Gasteiger partial charge in [0.05, 0.1) is 4.90 Å². The summed E-state index contributed by atoms with van der Waals surface area (Å²) in [6.45, 7) is 6.23. The topological polar surface area (TPSA) is 69.8 Å². The molecule has 0 radical (unpaired) electrons. The fraction of sp³-hybridized carbons (Fsp3) is 0.588. The van der Waals surface area contributed by atoms with Gasteiger partial charge in [-0.2, -0.15) is 0 Å². The van der Waals surface area contributed by atoms with Crippen LogP contribution in [-0.2, 0) is 14.8 Å². The number of aryl methyl sites for hydroxylation is 1. The molecule has 7 heteroatoms. The molecule has 0 bridgehead atoms. The maximum absolute atomic E-state index is 12.2. The molecule has 2 aliphatic rings. The molecule has 1 aliphatic heterocycles. The van der Waals surface area contributed by atoms with Crippen LogP contribution in [0.4, 0.5) is 0 Å². The van der Waals surface area contributed by atoms with Gasteiger partial charge >= 0.3 is 29.6 Å². The molecule has 1 aromatic carbocycles. The number of sulfonamides is 1. The molecule has 1 aliphatic carbocycles. The van der Waals surface area contributed by atoms with Crippen molar-refractivity contribution in [2.75, 3.05) is 0 Å². The van der Waals surface area contributed by atoms with Crippen LogP contribution in [-0.4, -0.2) is 19.9 Å². The zero-order valence-corrected chi connectivity index (χ0v) is 17.7. The van der Waals surface area contributed by atoms with E-state index in [-0.39, 0.29) is 45.5 Å². The second kappa shape index (κ2) is 6.98. The van der Waals surface area contributed by atoms with Crippen molar-refractivity contribution >= 4 is 15.9 Å². The Hall–Kier alpha value is -0.560. The fourth-order valence-corrected chi connectivity index (χ4v) is 4.35. The number of ether oxygens (including phenoxy) is 1. The third-order valence-electron chi connectivity index (χ3n) is 5.13. The number of hydrogen-bond donors (Lipinski definition) is 0. The van der Waals surface area contributed by atoms with Crippen LogP contribution in [0.25, 0.3) is 4.83 Å². The van der Waals surface area contributed by atoms with Crippen molar-refractivity contribution in [2.24, 2.45) is 10.5 Å². The van der Waals surface area contributed by atoms with Crippen LogP contribution < -0.4 is 29.6 Å². The summed E-state index contributed by atoms with van der Waals surface area (Å²) < 4.78 is 30.6. The van der Waals surface area contributed by atoms with Crippen molar-refractivity contribution in [1.82, 2.24) is 0 Å². The average Bonchev–Trinajstić information content (AvgIpc) is 3.04. The molecule has 5 nitrogen and oxygen atoms in total. The Kier molecular flexibility index (Phi) is 5.75. The second-order valence-electron chi connectivity index (χ2n) is 7.23. The van der Waals surface area contributed by atoms with Crippen LogP contribution in [0, 0.1) is 12.3 Å². The second-order valence-corrected chi connectivity index (χ2v) is 8.81.